The largest absolute Gasteiger partial charge is 0.496 e. The molecule has 2 aromatic rings. The highest BCUT2D eigenvalue weighted by molar-refractivity contribution is 6.30. The molecule has 132 valence electrons. The van der Waals surface area contributed by atoms with Gasteiger partial charge in [-0.05, 0) is 31.2 Å². The Labute approximate surface area is 149 Å². The molecule has 0 fully saturated rings. The van der Waals surface area contributed by atoms with Crippen LogP contribution in [0.1, 0.15) is 17.3 Å². The number of carbonyl (C=O) groups is 2. The maximum absolute atomic E-state index is 12.4. The Hall–Kier alpha value is -2.80. The Balaban J connectivity index is 2.09. The van der Waals surface area contributed by atoms with Crippen molar-refractivity contribution in [1.82, 2.24) is 4.98 Å². The van der Waals surface area contributed by atoms with Gasteiger partial charge >= 0.3 is 5.97 Å². The summed E-state index contributed by atoms with van der Waals surface area (Å²) in [6.07, 6.45) is 0.340. The molecule has 7 nitrogen and oxygen atoms in total. The zero-order valence-electron chi connectivity index (χ0n) is 13.9. The third-order valence-corrected chi connectivity index (χ3v) is 3.49. The molecule has 1 unspecified atom stereocenters. The van der Waals surface area contributed by atoms with Crippen LogP contribution in [0.4, 0.5) is 5.82 Å². The fourth-order valence-electron chi connectivity index (χ4n) is 2.00. The van der Waals surface area contributed by atoms with E-state index in [1.54, 1.807) is 24.3 Å². The van der Waals surface area contributed by atoms with E-state index in [1.807, 2.05) is 0 Å². The molecule has 0 aliphatic carbocycles. The van der Waals surface area contributed by atoms with Crippen LogP contribution in [0.3, 0.4) is 0 Å². The number of anilines is 1. The zero-order valence-corrected chi connectivity index (χ0v) is 14.7. The van der Waals surface area contributed by atoms with Crippen LogP contribution in [-0.2, 0) is 9.53 Å². The number of amides is 1. The van der Waals surface area contributed by atoms with Crippen molar-refractivity contribution in [1.29, 1.82) is 0 Å². The molecule has 1 N–H and O–H groups in total. The summed E-state index contributed by atoms with van der Waals surface area (Å²) in [5, 5.41) is 2.98. The first-order chi connectivity index (χ1) is 12.0. The molecule has 0 spiro atoms. The van der Waals surface area contributed by atoms with Crippen LogP contribution in [0.2, 0.25) is 5.02 Å². The third kappa shape index (κ3) is 4.60. The summed E-state index contributed by atoms with van der Waals surface area (Å²) in [5.74, 6) is -0.391. The average molecular weight is 365 g/mol. The summed E-state index contributed by atoms with van der Waals surface area (Å²) >= 11 is 5.74. The second-order valence-electron chi connectivity index (χ2n) is 4.94. The molecule has 1 aromatic heterocycles. The number of rotatable bonds is 6. The lowest BCUT2D eigenvalue weighted by Gasteiger charge is -2.16. The quantitative estimate of drug-likeness (QED) is 0.793. The summed E-state index contributed by atoms with van der Waals surface area (Å²) in [4.78, 5) is 28.5. The molecule has 0 bridgehead atoms. The van der Waals surface area contributed by atoms with E-state index in [0.717, 1.165) is 0 Å². The second-order valence-corrected chi connectivity index (χ2v) is 5.37. The lowest BCUT2D eigenvalue weighted by atomic mass is 10.1. The summed E-state index contributed by atoms with van der Waals surface area (Å²) in [5.41, 5.74) is 0.108. The molecular formula is C17H17ClN2O5. The number of hydrogen-bond donors (Lipinski definition) is 1. The molecular weight excluding hydrogens is 348 g/mol. The Morgan fingerprint density at radius 2 is 1.76 bits per heavy atom. The first kappa shape index (κ1) is 18.5. The van der Waals surface area contributed by atoms with Gasteiger partial charge in [0.2, 0.25) is 0 Å². The monoisotopic (exact) mass is 364 g/mol. The van der Waals surface area contributed by atoms with Crippen LogP contribution in [0.5, 0.6) is 11.5 Å². The lowest BCUT2D eigenvalue weighted by molar-refractivity contribution is -0.123. The molecule has 1 aromatic carbocycles. The second kappa shape index (κ2) is 8.34. The Kier molecular flexibility index (Phi) is 6.19. The standard InChI is InChI=1S/C17H17ClN2O5/c1-10(16(21)20-14-8-7-11(18)9-19-14)25-17(22)15-12(23-2)5-4-6-13(15)24-3/h4-10H,1-3H3,(H,19,20,21). The van der Waals surface area contributed by atoms with Crippen molar-refractivity contribution in [2.75, 3.05) is 19.5 Å². The van der Waals surface area contributed by atoms with Gasteiger partial charge in [0.05, 0.1) is 19.2 Å². The normalized spacial score (nSPS) is 11.4. The number of nitrogens with one attached hydrogen (secondary N) is 1. The SMILES string of the molecule is COc1cccc(OC)c1C(=O)OC(C)C(=O)Nc1ccc(Cl)cn1. The van der Waals surface area contributed by atoms with E-state index in [2.05, 4.69) is 10.3 Å². The topological polar surface area (TPSA) is 86.8 Å². The summed E-state index contributed by atoms with van der Waals surface area (Å²) in [7, 11) is 2.85. The van der Waals surface area contributed by atoms with Gasteiger partial charge < -0.3 is 19.5 Å². The van der Waals surface area contributed by atoms with E-state index in [4.69, 9.17) is 25.8 Å². The van der Waals surface area contributed by atoms with Crippen LogP contribution in [0.15, 0.2) is 36.5 Å². The fourth-order valence-corrected chi connectivity index (χ4v) is 2.11. The van der Waals surface area contributed by atoms with E-state index < -0.39 is 18.0 Å². The number of halogens is 1. The first-order valence-electron chi connectivity index (χ1n) is 7.30. The van der Waals surface area contributed by atoms with Gasteiger partial charge in [0.1, 0.15) is 22.9 Å². The average Bonchev–Trinajstić information content (AvgIpc) is 2.62. The first-order valence-corrected chi connectivity index (χ1v) is 7.68. The minimum atomic E-state index is -1.06. The van der Waals surface area contributed by atoms with E-state index >= 15 is 0 Å². The maximum Gasteiger partial charge on any atom is 0.346 e. The number of ether oxygens (including phenoxy) is 3. The van der Waals surface area contributed by atoms with Gasteiger partial charge in [-0.3, -0.25) is 4.79 Å². The molecule has 8 heteroatoms. The van der Waals surface area contributed by atoms with E-state index in [9.17, 15) is 9.59 Å². The van der Waals surface area contributed by atoms with Gasteiger partial charge in [0, 0.05) is 6.20 Å². The highest BCUT2D eigenvalue weighted by atomic mass is 35.5. The number of hydrogen-bond acceptors (Lipinski definition) is 6. The Morgan fingerprint density at radius 1 is 1.12 bits per heavy atom. The number of carbonyl (C=O) groups excluding carboxylic acids is 2. The van der Waals surface area contributed by atoms with Crippen LogP contribution in [0, 0.1) is 0 Å². The number of esters is 1. The van der Waals surface area contributed by atoms with Crippen molar-refractivity contribution in [3.05, 3.63) is 47.1 Å². The number of benzene rings is 1. The molecule has 0 aliphatic rings. The van der Waals surface area contributed by atoms with Gasteiger partial charge in [0.25, 0.3) is 5.91 Å². The molecule has 0 aliphatic heterocycles. The number of aromatic nitrogens is 1. The maximum atomic E-state index is 12.4. The molecule has 25 heavy (non-hydrogen) atoms. The molecule has 0 saturated heterocycles. The van der Waals surface area contributed by atoms with Crippen molar-refractivity contribution in [2.24, 2.45) is 0 Å². The summed E-state index contributed by atoms with van der Waals surface area (Å²) < 4.78 is 15.5. The van der Waals surface area contributed by atoms with E-state index in [-0.39, 0.29) is 17.1 Å². The smallest absolute Gasteiger partial charge is 0.346 e. The van der Waals surface area contributed by atoms with Gasteiger partial charge in [0.15, 0.2) is 6.10 Å². The number of methoxy groups -OCH3 is 2. The van der Waals surface area contributed by atoms with Gasteiger partial charge in [-0.2, -0.15) is 0 Å². The summed E-state index contributed by atoms with van der Waals surface area (Å²) in [6.45, 7) is 1.45. The van der Waals surface area contributed by atoms with Gasteiger partial charge in [-0.1, -0.05) is 17.7 Å². The molecule has 2 rings (SSSR count). The van der Waals surface area contributed by atoms with Gasteiger partial charge in [-0.25, -0.2) is 9.78 Å². The fraction of sp³-hybridized carbons (Fsp3) is 0.235. The molecule has 1 amide bonds. The lowest BCUT2D eigenvalue weighted by Crippen LogP contribution is -2.30. The summed E-state index contributed by atoms with van der Waals surface area (Å²) in [6, 6.07) is 8.00. The minimum absolute atomic E-state index is 0.108. The van der Waals surface area contributed by atoms with Crippen LogP contribution in [-0.4, -0.2) is 37.2 Å². The van der Waals surface area contributed by atoms with Crippen molar-refractivity contribution in [2.45, 2.75) is 13.0 Å². The third-order valence-electron chi connectivity index (χ3n) is 3.26. The van der Waals surface area contributed by atoms with E-state index in [0.29, 0.717) is 10.8 Å². The van der Waals surface area contributed by atoms with Crippen LogP contribution in [0.25, 0.3) is 0 Å². The molecule has 1 heterocycles. The van der Waals surface area contributed by atoms with Crippen molar-refractivity contribution in [3.63, 3.8) is 0 Å². The highest BCUT2D eigenvalue weighted by Crippen LogP contribution is 2.29. The van der Waals surface area contributed by atoms with E-state index in [1.165, 1.54) is 33.4 Å². The number of pyridine rings is 1. The highest BCUT2D eigenvalue weighted by Gasteiger charge is 2.24. The molecule has 0 saturated carbocycles. The van der Waals surface area contributed by atoms with Crippen LogP contribution >= 0.6 is 11.6 Å². The van der Waals surface area contributed by atoms with Crippen molar-refractivity contribution in [3.8, 4) is 11.5 Å². The molecule has 0 radical (unpaired) electrons. The van der Waals surface area contributed by atoms with Crippen LogP contribution < -0.4 is 14.8 Å². The number of nitrogens with zero attached hydrogens (tertiary/aromatic N) is 1. The van der Waals surface area contributed by atoms with Gasteiger partial charge in [-0.15, -0.1) is 0 Å². The minimum Gasteiger partial charge on any atom is -0.496 e. The Bertz CT molecular complexity index is 742. The predicted octanol–water partition coefficient (Wildman–Crippen LogP) is 2.94. The van der Waals surface area contributed by atoms with Crippen molar-refractivity contribution < 1.29 is 23.8 Å². The zero-order chi connectivity index (χ0) is 18.4. The Morgan fingerprint density at radius 3 is 2.28 bits per heavy atom. The predicted molar refractivity (Wildman–Crippen MR) is 92.3 cm³/mol. The van der Waals surface area contributed by atoms with Crippen molar-refractivity contribution >= 4 is 29.3 Å². The molecule has 1 atom stereocenters.